The minimum absolute atomic E-state index is 0.181. The van der Waals surface area contributed by atoms with E-state index in [0.29, 0.717) is 9.79 Å². The first-order valence-electron chi connectivity index (χ1n) is 13.6. The van der Waals surface area contributed by atoms with E-state index in [9.17, 15) is 12.6 Å². The van der Waals surface area contributed by atoms with E-state index >= 15 is 0 Å². The van der Waals surface area contributed by atoms with Crippen molar-refractivity contribution in [2.24, 2.45) is 0 Å². The van der Waals surface area contributed by atoms with Gasteiger partial charge in [-0.2, -0.15) is 16.5 Å². The van der Waals surface area contributed by atoms with E-state index < -0.39 is 31.6 Å². The highest BCUT2D eigenvalue weighted by Crippen LogP contribution is 2.50. The molecule has 2 atom stereocenters. The van der Waals surface area contributed by atoms with Gasteiger partial charge in [0, 0.05) is 9.79 Å². The molecule has 214 valence electrons. The van der Waals surface area contributed by atoms with Crippen molar-refractivity contribution in [2.75, 3.05) is 6.26 Å². The van der Waals surface area contributed by atoms with Gasteiger partial charge in [-0.3, -0.25) is 0 Å². The highest BCUT2D eigenvalue weighted by atomic mass is 32.2. The van der Waals surface area contributed by atoms with E-state index in [1.807, 2.05) is 129 Å². The third-order valence-corrected chi connectivity index (χ3v) is 11.4. The number of hydrogen-bond donors (Lipinski definition) is 1. The number of nitrogens with one attached hydrogen (secondary N) is 1. The van der Waals surface area contributed by atoms with Crippen LogP contribution < -0.4 is 4.72 Å². The Morgan fingerprint density at radius 2 is 1.14 bits per heavy atom. The lowest BCUT2D eigenvalue weighted by molar-refractivity contribution is 0.452. The van der Waals surface area contributed by atoms with Crippen LogP contribution in [0.4, 0.5) is 0 Å². The number of aryl methyl sites for hydroxylation is 2. The Hall–Kier alpha value is -3.49. The molecule has 0 aliphatic rings. The smallest absolute Gasteiger partial charge is 0.241 e. The lowest BCUT2D eigenvalue weighted by atomic mass is 9.78. The van der Waals surface area contributed by atoms with E-state index in [0.717, 1.165) is 27.8 Å². The van der Waals surface area contributed by atoms with E-state index in [-0.39, 0.29) is 4.90 Å². The summed E-state index contributed by atoms with van der Waals surface area (Å²) in [6.45, 7) is 3.93. The number of sulfonamides is 1. The third kappa shape index (κ3) is 6.01. The van der Waals surface area contributed by atoms with Crippen molar-refractivity contribution in [3.8, 4) is 0 Å². The molecule has 0 heterocycles. The van der Waals surface area contributed by atoms with Crippen molar-refractivity contribution < 1.29 is 12.6 Å². The Balaban J connectivity index is 1.78. The second-order valence-corrected chi connectivity index (χ2v) is 14.3. The molecule has 0 aromatic heterocycles. The van der Waals surface area contributed by atoms with Gasteiger partial charge in [0.2, 0.25) is 10.0 Å². The summed E-state index contributed by atoms with van der Waals surface area (Å²) in [6, 6.07) is 41.5. The molecule has 0 saturated heterocycles. The van der Waals surface area contributed by atoms with Crippen LogP contribution in [0.15, 0.2) is 148 Å². The average molecular weight is 612 g/mol. The van der Waals surface area contributed by atoms with Crippen LogP contribution in [0, 0.1) is 13.8 Å². The molecule has 42 heavy (non-hydrogen) atoms. The van der Waals surface area contributed by atoms with Gasteiger partial charge in [-0.15, -0.1) is 0 Å². The summed E-state index contributed by atoms with van der Waals surface area (Å²) in [5.74, 6) is 0. The van der Waals surface area contributed by atoms with Crippen molar-refractivity contribution in [2.45, 2.75) is 39.3 Å². The molecule has 5 aromatic carbocycles. The SMILES string of the molecule is CS[C@@H](c1ccccc1S(=O)c1ccc(C)cc1)C(NS(=O)(=O)c1ccc(C)cc1)(c1ccccc1)c1ccccc1. The zero-order valence-electron chi connectivity index (χ0n) is 23.7. The van der Waals surface area contributed by atoms with Crippen LogP contribution >= 0.6 is 11.8 Å². The summed E-state index contributed by atoms with van der Waals surface area (Å²) in [5, 5.41) is -0.492. The minimum atomic E-state index is -4.02. The van der Waals surface area contributed by atoms with E-state index in [2.05, 4.69) is 4.72 Å². The van der Waals surface area contributed by atoms with Gasteiger partial charge in [-0.25, -0.2) is 12.6 Å². The summed E-state index contributed by atoms with van der Waals surface area (Å²) in [5.41, 5.74) is 3.16. The molecule has 1 N–H and O–H groups in total. The number of thioether (sulfide) groups is 1. The number of rotatable bonds is 10. The minimum Gasteiger partial charge on any atom is -0.249 e. The van der Waals surface area contributed by atoms with Crippen LogP contribution in [0.25, 0.3) is 0 Å². The number of benzene rings is 5. The molecule has 0 aliphatic carbocycles. The molecule has 0 fully saturated rings. The number of hydrogen-bond acceptors (Lipinski definition) is 4. The fourth-order valence-corrected chi connectivity index (χ4v) is 9.15. The van der Waals surface area contributed by atoms with E-state index in [1.165, 1.54) is 11.8 Å². The second-order valence-electron chi connectivity index (χ2n) is 10.2. The van der Waals surface area contributed by atoms with Crippen LogP contribution in [0.1, 0.15) is 33.1 Å². The first-order chi connectivity index (χ1) is 20.3. The van der Waals surface area contributed by atoms with E-state index in [1.54, 1.807) is 24.3 Å². The Morgan fingerprint density at radius 1 is 0.667 bits per heavy atom. The Kier molecular flexibility index (Phi) is 9.13. The molecule has 0 spiro atoms. The van der Waals surface area contributed by atoms with Crippen LogP contribution in [0.3, 0.4) is 0 Å². The van der Waals surface area contributed by atoms with Crippen molar-refractivity contribution in [3.63, 3.8) is 0 Å². The summed E-state index contributed by atoms with van der Waals surface area (Å²) >= 11 is 1.53. The van der Waals surface area contributed by atoms with E-state index in [4.69, 9.17) is 0 Å². The zero-order chi connectivity index (χ0) is 29.7. The van der Waals surface area contributed by atoms with Crippen molar-refractivity contribution in [1.29, 1.82) is 0 Å². The molecule has 4 nitrogen and oxygen atoms in total. The summed E-state index contributed by atoms with van der Waals surface area (Å²) in [6.07, 6.45) is 1.97. The van der Waals surface area contributed by atoms with Gasteiger partial charge in [0.1, 0.15) is 0 Å². The fraction of sp³-hybridized carbons (Fsp3) is 0.143. The molecule has 0 aliphatic heterocycles. The molecule has 0 amide bonds. The largest absolute Gasteiger partial charge is 0.249 e. The lowest BCUT2D eigenvalue weighted by Crippen LogP contribution is -2.50. The average Bonchev–Trinajstić information content (AvgIpc) is 3.02. The van der Waals surface area contributed by atoms with Crippen molar-refractivity contribution in [1.82, 2.24) is 4.72 Å². The predicted molar refractivity (Wildman–Crippen MR) is 174 cm³/mol. The molecule has 0 radical (unpaired) electrons. The van der Waals surface area contributed by atoms with Crippen LogP contribution in [0.5, 0.6) is 0 Å². The molecule has 5 rings (SSSR count). The normalized spacial score (nSPS) is 13.4. The first kappa shape index (κ1) is 30.0. The van der Waals surface area contributed by atoms with Gasteiger partial charge >= 0.3 is 0 Å². The molecule has 5 aromatic rings. The van der Waals surface area contributed by atoms with Crippen LogP contribution in [-0.2, 0) is 26.4 Å². The van der Waals surface area contributed by atoms with Gasteiger partial charge in [-0.1, -0.05) is 114 Å². The molecule has 7 heteroatoms. The van der Waals surface area contributed by atoms with Crippen LogP contribution in [-0.4, -0.2) is 18.9 Å². The topological polar surface area (TPSA) is 63.2 Å². The zero-order valence-corrected chi connectivity index (χ0v) is 26.2. The summed E-state index contributed by atoms with van der Waals surface area (Å²) in [7, 11) is -5.51. The van der Waals surface area contributed by atoms with Crippen molar-refractivity contribution in [3.05, 3.63) is 161 Å². The molecule has 0 saturated carbocycles. The lowest BCUT2D eigenvalue weighted by Gasteiger charge is -2.42. The second kappa shape index (κ2) is 12.8. The van der Waals surface area contributed by atoms with Gasteiger partial charge in [0.05, 0.1) is 26.5 Å². The van der Waals surface area contributed by atoms with Gasteiger partial charge < -0.3 is 0 Å². The first-order valence-corrected chi connectivity index (χ1v) is 17.5. The maximum absolute atomic E-state index is 14.2. The maximum atomic E-state index is 14.2. The fourth-order valence-electron chi connectivity index (χ4n) is 5.22. The third-order valence-electron chi connectivity index (χ3n) is 7.35. The predicted octanol–water partition coefficient (Wildman–Crippen LogP) is 7.80. The van der Waals surface area contributed by atoms with Gasteiger partial charge in [0.15, 0.2) is 0 Å². The summed E-state index contributed by atoms with van der Waals surface area (Å²) < 4.78 is 45.8. The highest BCUT2D eigenvalue weighted by molar-refractivity contribution is 7.99. The Morgan fingerprint density at radius 3 is 1.67 bits per heavy atom. The Bertz CT molecular complexity index is 1730. The monoisotopic (exact) mass is 611 g/mol. The van der Waals surface area contributed by atoms with Gasteiger partial charge in [0.25, 0.3) is 0 Å². The molecular weight excluding hydrogens is 579 g/mol. The van der Waals surface area contributed by atoms with Crippen LogP contribution in [0.2, 0.25) is 0 Å². The van der Waals surface area contributed by atoms with Crippen molar-refractivity contribution >= 4 is 32.6 Å². The molecular formula is C35H33NO3S3. The quantitative estimate of drug-likeness (QED) is 0.175. The molecule has 0 bridgehead atoms. The standard InChI is InChI=1S/C35H33NO3S3/c1-26-18-22-30(23-19-26)41(37)33-17-11-10-16-32(33)34(40-3)35(28-12-6-4-7-13-28,29-14-8-5-9-15-29)36-42(38,39)31-24-20-27(2)21-25-31/h4-25,34,36H,1-3H3/t34-,41?/m0/s1. The van der Waals surface area contributed by atoms with Gasteiger partial charge in [-0.05, 0) is 67.1 Å². The molecule has 1 unspecified atom stereocenters. The maximum Gasteiger partial charge on any atom is 0.241 e. The Labute approximate surface area is 255 Å². The summed E-state index contributed by atoms with van der Waals surface area (Å²) in [4.78, 5) is 1.52. The highest BCUT2D eigenvalue weighted by Gasteiger charge is 2.47.